The first-order chi connectivity index (χ1) is 14.1. The van der Waals surface area contributed by atoms with Crippen LogP contribution in [0.4, 0.5) is 16.3 Å². The molecule has 0 saturated carbocycles. The fraction of sp³-hybridized carbons (Fsp3) is 0.333. The number of likely N-dealkylation sites (tertiary alicyclic amines) is 1. The Labute approximate surface area is 169 Å². The number of para-hydroxylation sites is 1. The van der Waals surface area contributed by atoms with E-state index in [0.29, 0.717) is 55.2 Å². The van der Waals surface area contributed by atoms with Crippen molar-refractivity contribution in [1.82, 2.24) is 15.2 Å². The fourth-order valence-electron chi connectivity index (χ4n) is 3.16. The number of nitriles is 1. The predicted molar refractivity (Wildman–Crippen MR) is 108 cm³/mol. The van der Waals surface area contributed by atoms with E-state index in [-0.39, 0.29) is 18.0 Å². The highest BCUT2D eigenvalue weighted by atomic mass is 16.6. The van der Waals surface area contributed by atoms with Gasteiger partial charge in [-0.1, -0.05) is 12.1 Å². The Bertz CT molecular complexity index is 917. The summed E-state index contributed by atoms with van der Waals surface area (Å²) >= 11 is 0. The third kappa shape index (κ3) is 5.23. The minimum atomic E-state index is -0.306. The van der Waals surface area contributed by atoms with Crippen LogP contribution in [-0.2, 0) is 4.74 Å². The summed E-state index contributed by atoms with van der Waals surface area (Å²) in [5, 5.41) is 15.3. The monoisotopic (exact) mass is 393 g/mol. The smallest absolute Gasteiger partial charge is 0.409 e. The molecule has 2 amide bonds. The Hall–Kier alpha value is -3.60. The van der Waals surface area contributed by atoms with Crippen molar-refractivity contribution in [1.29, 1.82) is 5.26 Å². The highest BCUT2D eigenvalue weighted by Crippen LogP contribution is 2.19. The Morgan fingerprint density at radius 1 is 1.28 bits per heavy atom. The van der Waals surface area contributed by atoms with Gasteiger partial charge in [-0.3, -0.25) is 4.79 Å². The van der Waals surface area contributed by atoms with Crippen LogP contribution < -0.4 is 10.6 Å². The van der Waals surface area contributed by atoms with E-state index in [9.17, 15) is 14.9 Å². The second-order valence-corrected chi connectivity index (χ2v) is 6.65. The van der Waals surface area contributed by atoms with Crippen molar-refractivity contribution < 1.29 is 14.3 Å². The third-order valence-corrected chi connectivity index (χ3v) is 4.69. The van der Waals surface area contributed by atoms with Crippen molar-refractivity contribution >= 4 is 23.5 Å². The van der Waals surface area contributed by atoms with E-state index in [0.717, 1.165) is 0 Å². The number of hydrogen-bond donors (Lipinski definition) is 2. The molecule has 0 spiro atoms. The lowest BCUT2D eigenvalue weighted by Gasteiger charge is -2.31. The van der Waals surface area contributed by atoms with Crippen LogP contribution in [0.2, 0.25) is 0 Å². The third-order valence-electron chi connectivity index (χ3n) is 4.69. The van der Waals surface area contributed by atoms with Crippen LogP contribution in [-0.4, -0.2) is 47.6 Å². The predicted octanol–water partition coefficient (Wildman–Crippen LogP) is 3.05. The standard InChI is InChI=1S/C21H23N5O3/c1-2-29-21(28)26-11-8-17(9-12-26)24-20(27)15-7-10-23-19(13-15)25-18-6-4-3-5-16(18)14-22/h3-7,10,13,17H,2,8-9,11-12H2,1H3,(H,23,25)(H,24,27). The van der Waals surface area contributed by atoms with Gasteiger partial charge in [0.15, 0.2) is 0 Å². The van der Waals surface area contributed by atoms with E-state index in [4.69, 9.17) is 4.74 Å². The van der Waals surface area contributed by atoms with Gasteiger partial charge >= 0.3 is 6.09 Å². The van der Waals surface area contributed by atoms with Gasteiger partial charge in [-0.25, -0.2) is 9.78 Å². The molecule has 1 fully saturated rings. The molecule has 2 heterocycles. The number of piperidine rings is 1. The van der Waals surface area contributed by atoms with Crippen LogP contribution >= 0.6 is 0 Å². The Morgan fingerprint density at radius 2 is 2.03 bits per heavy atom. The molecule has 1 saturated heterocycles. The Kier molecular flexibility index (Phi) is 6.63. The summed E-state index contributed by atoms with van der Waals surface area (Å²) < 4.78 is 5.01. The number of carbonyl (C=O) groups is 2. The number of nitrogens with one attached hydrogen (secondary N) is 2. The lowest BCUT2D eigenvalue weighted by molar-refractivity contribution is 0.0860. The van der Waals surface area contributed by atoms with Crippen molar-refractivity contribution in [3.8, 4) is 6.07 Å². The number of carbonyl (C=O) groups excluding carboxylic acids is 2. The molecule has 29 heavy (non-hydrogen) atoms. The summed E-state index contributed by atoms with van der Waals surface area (Å²) in [6.45, 7) is 3.24. The molecule has 2 N–H and O–H groups in total. The zero-order chi connectivity index (χ0) is 20.6. The molecule has 0 radical (unpaired) electrons. The van der Waals surface area contributed by atoms with Crippen LogP contribution in [0.1, 0.15) is 35.7 Å². The number of anilines is 2. The zero-order valence-corrected chi connectivity index (χ0v) is 16.2. The molecule has 3 rings (SSSR count). The SMILES string of the molecule is CCOC(=O)N1CCC(NC(=O)c2ccnc(Nc3ccccc3C#N)c2)CC1. The zero-order valence-electron chi connectivity index (χ0n) is 16.2. The van der Waals surface area contributed by atoms with E-state index in [1.165, 1.54) is 0 Å². The van der Waals surface area contributed by atoms with E-state index in [1.807, 2.05) is 6.07 Å². The summed E-state index contributed by atoms with van der Waals surface area (Å²) in [5.74, 6) is 0.288. The average Bonchev–Trinajstić information content (AvgIpc) is 2.75. The van der Waals surface area contributed by atoms with Crippen molar-refractivity contribution in [2.24, 2.45) is 0 Å². The number of benzene rings is 1. The molecule has 1 aliphatic heterocycles. The molecule has 1 aliphatic rings. The van der Waals surface area contributed by atoms with Gasteiger partial charge in [0, 0.05) is 30.9 Å². The topological polar surface area (TPSA) is 107 Å². The molecule has 0 unspecified atom stereocenters. The van der Waals surface area contributed by atoms with E-state index in [2.05, 4.69) is 21.7 Å². The molecule has 8 nitrogen and oxygen atoms in total. The molecule has 0 bridgehead atoms. The van der Waals surface area contributed by atoms with Crippen molar-refractivity contribution in [3.63, 3.8) is 0 Å². The first-order valence-electron chi connectivity index (χ1n) is 9.55. The normalized spacial score (nSPS) is 14.0. The highest BCUT2D eigenvalue weighted by molar-refractivity contribution is 5.95. The van der Waals surface area contributed by atoms with Crippen LogP contribution in [0.15, 0.2) is 42.6 Å². The Balaban J connectivity index is 1.59. The summed E-state index contributed by atoms with van der Waals surface area (Å²) in [6, 6.07) is 12.5. The van der Waals surface area contributed by atoms with Crippen molar-refractivity contribution in [2.45, 2.75) is 25.8 Å². The van der Waals surface area contributed by atoms with Gasteiger partial charge in [-0.15, -0.1) is 0 Å². The van der Waals surface area contributed by atoms with Crippen LogP contribution in [0, 0.1) is 11.3 Å². The maximum Gasteiger partial charge on any atom is 0.409 e. The van der Waals surface area contributed by atoms with Gasteiger partial charge in [-0.05, 0) is 44.0 Å². The molecular weight excluding hydrogens is 370 g/mol. The number of pyridine rings is 1. The van der Waals surface area contributed by atoms with Crippen molar-refractivity contribution in [3.05, 3.63) is 53.7 Å². The fourth-order valence-corrected chi connectivity index (χ4v) is 3.16. The molecular formula is C21H23N5O3. The van der Waals surface area contributed by atoms with E-state index >= 15 is 0 Å². The number of aromatic nitrogens is 1. The van der Waals surface area contributed by atoms with Gasteiger partial charge in [0.1, 0.15) is 11.9 Å². The minimum absolute atomic E-state index is 0.00272. The van der Waals surface area contributed by atoms with Crippen LogP contribution in [0.3, 0.4) is 0 Å². The second-order valence-electron chi connectivity index (χ2n) is 6.65. The van der Waals surface area contributed by atoms with Gasteiger partial charge in [-0.2, -0.15) is 5.26 Å². The quantitative estimate of drug-likeness (QED) is 0.808. The second kappa shape index (κ2) is 9.55. The average molecular weight is 393 g/mol. The molecule has 0 atom stereocenters. The first-order valence-corrected chi connectivity index (χ1v) is 9.55. The molecule has 0 aliphatic carbocycles. The highest BCUT2D eigenvalue weighted by Gasteiger charge is 2.24. The van der Waals surface area contributed by atoms with Gasteiger partial charge < -0.3 is 20.3 Å². The van der Waals surface area contributed by atoms with Gasteiger partial charge in [0.25, 0.3) is 5.91 Å². The molecule has 2 aromatic rings. The summed E-state index contributed by atoms with van der Waals surface area (Å²) in [5.41, 5.74) is 1.61. The van der Waals surface area contributed by atoms with Gasteiger partial charge in [0.2, 0.25) is 0 Å². The summed E-state index contributed by atoms with van der Waals surface area (Å²) in [6.07, 6.45) is 2.60. The molecule has 1 aromatic heterocycles. The number of rotatable bonds is 5. The lowest BCUT2D eigenvalue weighted by atomic mass is 10.0. The van der Waals surface area contributed by atoms with E-state index in [1.54, 1.807) is 48.4 Å². The number of hydrogen-bond acceptors (Lipinski definition) is 6. The maximum atomic E-state index is 12.6. The van der Waals surface area contributed by atoms with Gasteiger partial charge in [0.05, 0.1) is 17.9 Å². The number of amides is 2. The minimum Gasteiger partial charge on any atom is -0.450 e. The van der Waals surface area contributed by atoms with Crippen LogP contribution in [0.25, 0.3) is 0 Å². The molecule has 8 heteroatoms. The number of nitrogens with zero attached hydrogens (tertiary/aromatic N) is 3. The molecule has 150 valence electrons. The van der Waals surface area contributed by atoms with Crippen LogP contribution in [0.5, 0.6) is 0 Å². The molecule has 1 aromatic carbocycles. The van der Waals surface area contributed by atoms with E-state index < -0.39 is 0 Å². The number of ether oxygens (including phenoxy) is 1. The maximum absolute atomic E-state index is 12.6. The van der Waals surface area contributed by atoms with Crippen molar-refractivity contribution in [2.75, 3.05) is 25.0 Å². The Morgan fingerprint density at radius 3 is 2.76 bits per heavy atom. The lowest BCUT2D eigenvalue weighted by Crippen LogP contribution is -2.46. The first kappa shape index (κ1) is 20.1. The summed E-state index contributed by atoms with van der Waals surface area (Å²) in [7, 11) is 0. The largest absolute Gasteiger partial charge is 0.450 e. The summed E-state index contributed by atoms with van der Waals surface area (Å²) in [4.78, 5) is 30.3.